The van der Waals surface area contributed by atoms with E-state index in [-0.39, 0.29) is 0 Å². The van der Waals surface area contributed by atoms with E-state index < -0.39 is 16.4 Å². The smallest absolute Gasteiger partial charge is 0.305 e. The van der Waals surface area contributed by atoms with Crippen molar-refractivity contribution in [2.75, 3.05) is 39.4 Å². The minimum atomic E-state index is -0.747. The van der Waals surface area contributed by atoms with Crippen LogP contribution in [-0.4, -0.2) is 49.2 Å². The monoisotopic (exact) mass is 297 g/mol. The molecule has 0 aromatic heterocycles. The molecule has 1 fully saturated rings. The van der Waals surface area contributed by atoms with Crippen molar-refractivity contribution in [1.29, 1.82) is 0 Å². The van der Waals surface area contributed by atoms with Crippen molar-refractivity contribution in [3.63, 3.8) is 0 Å². The second-order valence-corrected chi connectivity index (χ2v) is 4.99. The fourth-order valence-corrected chi connectivity index (χ4v) is 2.32. The fourth-order valence-electron chi connectivity index (χ4n) is 2.32. The van der Waals surface area contributed by atoms with E-state index in [1.54, 1.807) is 6.07 Å². The molecule has 1 aliphatic rings. The van der Waals surface area contributed by atoms with Crippen LogP contribution in [0.4, 0.5) is 10.1 Å². The van der Waals surface area contributed by atoms with Gasteiger partial charge >= 0.3 is 5.69 Å². The molecule has 0 unspecified atom stereocenters. The summed E-state index contributed by atoms with van der Waals surface area (Å²) < 4.78 is 19.1. The number of benzene rings is 1. The van der Waals surface area contributed by atoms with E-state index in [1.807, 2.05) is 0 Å². The Morgan fingerprint density at radius 1 is 1.38 bits per heavy atom. The largest absolute Gasteiger partial charge is 0.379 e. The highest BCUT2D eigenvalue weighted by Gasteiger charge is 2.16. The van der Waals surface area contributed by atoms with Crippen LogP contribution in [0.25, 0.3) is 0 Å². The highest BCUT2D eigenvalue weighted by atomic mass is 19.1. The zero-order chi connectivity index (χ0) is 15.1. The molecule has 0 amide bonds. The summed E-state index contributed by atoms with van der Waals surface area (Å²) in [5.41, 5.74) is -0.141. The second-order valence-electron chi connectivity index (χ2n) is 4.99. The summed E-state index contributed by atoms with van der Waals surface area (Å²) in [6.07, 6.45) is 0.955. The molecule has 116 valence electrons. The average molecular weight is 297 g/mol. The Labute approximate surface area is 123 Å². The summed E-state index contributed by atoms with van der Waals surface area (Å²) >= 11 is 0. The highest BCUT2D eigenvalue weighted by Crippen LogP contribution is 2.19. The highest BCUT2D eigenvalue weighted by molar-refractivity contribution is 5.36. The van der Waals surface area contributed by atoms with Crippen LogP contribution in [0.5, 0.6) is 0 Å². The van der Waals surface area contributed by atoms with Gasteiger partial charge in [-0.3, -0.25) is 15.0 Å². The molecule has 2 rings (SSSR count). The Morgan fingerprint density at radius 2 is 2.14 bits per heavy atom. The molecule has 0 bridgehead atoms. The summed E-state index contributed by atoms with van der Waals surface area (Å²) in [7, 11) is 0. The minimum absolute atomic E-state index is 0.302. The van der Waals surface area contributed by atoms with E-state index >= 15 is 0 Å². The molecule has 7 heteroatoms. The number of nitro benzene ring substituents is 1. The number of rotatable bonds is 7. The summed E-state index contributed by atoms with van der Waals surface area (Å²) in [5, 5.41) is 13.8. The number of hydrogen-bond acceptors (Lipinski definition) is 5. The van der Waals surface area contributed by atoms with E-state index in [4.69, 9.17) is 4.74 Å². The number of halogens is 1. The van der Waals surface area contributed by atoms with Gasteiger partial charge in [-0.25, -0.2) is 0 Å². The van der Waals surface area contributed by atoms with Gasteiger partial charge in [-0.05, 0) is 19.5 Å². The molecule has 1 aromatic rings. The lowest BCUT2D eigenvalue weighted by atomic mass is 10.2. The van der Waals surface area contributed by atoms with Gasteiger partial charge in [0.1, 0.15) is 0 Å². The minimum Gasteiger partial charge on any atom is -0.379 e. The number of nitrogens with one attached hydrogen (secondary N) is 1. The van der Waals surface area contributed by atoms with E-state index in [1.165, 1.54) is 12.1 Å². The molecular weight excluding hydrogens is 277 g/mol. The standard InChI is InChI=1S/C14H20FN3O3/c15-14-12(3-1-4-13(14)18(19)20)11-16-5-2-6-17-7-9-21-10-8-17/h1,3-4,16H,2,5-11H2. The maximum atomic E-state index is 13.8. The van der Waals surface area contributed by atoms with Crippen LogP contribution < -0.4 is 5.32 Å². The van der Waals surface area contributed by atoms with Gasteiger partial charge in [0.25, 0.3) is 0 Å². The third-order valence-electron chi connectivity index (χ3n) is 3.50. The van der Waals surface area contributed by atoms with Crippen LogP contribution in [0.3, 0.4) is 0 Å². The van der Waals surface area contributed by atoms with Crippen LogP contribution in [0.2, 0.25) is 0 Å². The SMILES string of the molecule is O=[N+]([O-])c1cccc(CNCCCN2CCOCC2)c1F. The van der Waals surface area contributed by atoms with Crippen molar-refractivity contribution in [1.82, 2.24) is 10.2 Å². The van der Waals surface area contributed by atoms with Gasteiger partial charge in [0.15, 0.2) is 0 Å². The molecule has 21 heavy (non-hydrogen) atoms. The molecule has 1 heterocycles. The van der Waals surface area contributed by atoms with Crippen molar-refractivity contribution < 1.29 is 14.1 Å². The predicted molar refractivity (Wildman–Crippen MR) is 76.6 cm³/mol. The number of nitrogens with zero attached hydrogens (tertiary/aromatic N) is 2. The molecule has 1 N–H and O–H groups in total. The number of hydrogen-bond donors (Lipinski definition) is 1. The van der Waals surface area contributed by atoms with E-state index in [2.05, 4.69) is 10.2 Å². The molecular formula is C14H20FN3O3. The van der Waals surface area contributed by atoms with Crippen LogP contribution in [0.15, 0.2) is 18.2 Å². The first kappa shape index (κ1) is 15.8. The van der Waals surface area contributed by atoms with Gasteiger partial charge in [0, 0.05) is 31.3 Å². The first-order chi connectivity index (χ1) is 10.2. The summed E-state index contributed by atoms with van der Waals surface area (Å²) in [5.74, 6) is -0.747. The molecule has 1 aromatic carbocycles. The Morgan fingerprint density at radius 3 is 2.86 bits per heavy atom. The first-order valence-electron chi connectivity index (χ1n) is 7.11. The predicted octanol–water partition coefficient (Wildman–Crippen LogP) is 1.55. The fraction of sp³-hybridized carbons (Fsp3) is 0.571. The van der Waals surface area contributed by atoms with Crippen LogP contribution >= 0.6 is 0 Å². The molecule has 0 radical (unpaired) electrons. The van der Waals surface area contributed by atoms with Crippen molar-refractivity contribution in [2.24, 2.45) is 0 Å². The molecule has 1 saturated heterocycles. The summed E-state index contributed by atoms with van der Waals surface area (Å²) in [4.78, 5) is 12.3. The third-order valence-corrected chi connectivity index (χ3v) is 3.50. The first-order valence-corrected chi connectivity index (χ1v) is 7.11. The normalized spacial score (nSPS) is 16.0. The van der Waals surface area contributed by atoms with E-state index in [0.29, 0.717) is 12.1 Å². The number of ether oxygens (including phenoxy) is 1. The van der Waals surface area contributed by atoms with Gasteiger partial charge in [0.05, 0.1) is 18.1 Å². The van der Waals surface area contributed by atoms with Crippen molar-refractivity contribution in [3.05, 3.63) is 39.7 Å². The molecule has 0 atom stereocenters. The summed E-state index contributed by atoms with van der Waals surface area (Å²) in [6.45, 7) is 5.52. The van der Waals surface area contributed by atoms with E-state index in [0.717, 1.165) is 45.8 Å². The molecule has 6 nitrogen and oxygen atoms in total. The zero-order valence-electron chi connectivity index (χ0n) is 11.9. The lowest BCUT2D eigenvalue weighted by Gasteiger charge is -2.26. The second kappa shape index (κ2) is 8.02. The number of morpholine rings is 1. The number of nitro groups is 1. The topological polar surface area (TPSA) is 67.6 Å². The molecule has 0 saturated carbocycles. The maximum absolute atomic E-state index is 13.8. The van der Waals surface area contributed by atoms with Crippen molar-refractivity contribution in [2.45, 2.75) is 13.0 Å². The van der Waals surface area contributed by atoms with Crippen LogP contribution in [0.1, 0.15) is 12.0 Å². The van der Waals surface area contributed by atoms with Crippen LogP contribution in [0, 0.1) is 15.9 Å². The van der Waals surface area contributed by atoms with E-state index in [9.17, 15) is 14.5 Å². The van der Waals surface area contributed by atoms with Crippen molar-refractivity contribution in [3.8, 4) is 0 Å². The quantitative estimate of drug-likeness (QED) is 0.470. The van der Waals surface area contributed by atoms with Crippen molar-refractivity contribution >= 4 is 5.69 Å². The van der Waals surface area contributed by atoms with Gasteiger partial charge in [-0.1, -0.05) is 12.1 Å². The Bertz CT molecular complexity index is 479. The lowest BCUT2D eigenvalue weighted by molar-refractivity contribution is -0.387. The van der Waals surface area contributed by atoms with Gasteiger partial charge in [-0.2, -0.15) is 4.39 Å². The third kappa shape index (κ3) is 4.73. The van der Waals surface area contributed by atoms with Crippen LogP contribution in [-0.2, 0) is 11.3 Å². The zero-order valence-corrected chi connectivity index (χ0v) is 11.9. The molecule has 0 spiro atoms. The Kier molecular flexibility index (Phi) is 6.04. The maximum Gasteiger partial charge on any atom is 0.305 e. The van der Waals surface area contributed by atoms with Gasteiger partial charge < -0.3 is 10.1 Å². The van der Waals surface area contributed by atoms with Gasteiger partial charge in [-0.15, -0.1) is 0 Å². The Hall–Kier alpha value is -1.57. The average Bonchev–Trinajstić information content (AvgIpc) is 2.49. The molecule has 0 aliphatic carbocycles. The van der Waals surface area contributed by atoms with Gasteiger partial charge in [0.2, 0.25) is 5.82 Å². The molecule has 1 aliphatic heterocycles. The lowest BCUT2D eigenvalue weighted by Crippen LogP contribution is -2.37. The Balaban J connectivity index is 1.71. The summed E-state index contributed by atoms with van der Waals surface area (Å²) in [6, 6.07) is 4.25.